The number of nitrogens with zero attached hydrogens (tertiary/aromatic N) is 2. The van der Waals surface area contributed by atoms with Gasteiger partial charge < -0.3 is 9.52 Å². The van der Waals surface area contributed by atoms with E-state index in [9.17, 15) is 4.79 Å². The Labute approximate surface area is 182 Å². The molecule has 29 heavy (non-hydrogen) atoms. The smallest absolute Gasteiger partial charge is 0.155 e. The maximum Gasteiger partial charge on any atom is 0.155 e. The van der Waals surface area contributed by atoms with Gasteiger partial charge in [-0.05, 0) is 39.3 Å². The molecule has 0 aliphatic heterocycles. The van der Waals surface area contributed by atoms with Crippen molar-refractivity contribution in [3.05, 3.63) is 72.0 Å². The van der Waals surface area contributed by atoms with Crippen LogP contribution in [0.1, 0.15) is 25.0 Å². The standard InChI is InChI=1S/C18H13N2O.C5H8O2.Ir/c1-11-8-14-15(16-12(2)4-3-6-19-16)9-13-5-7-21-18(13)17(14)20-10-11;1-4(6)3-5(2)7;/h3-8,10H,1-2H3;3,6H,1-2H3;/q-1;;/b;4-3-;. The molecule has 5 nitrogen and oxygen atoms in total. The molecule has 0 aliphatic carbocycles. The molecular formula is C23H21IrN2O3-. The molecule has 0 spiro atoms. The van der Waals surface area contributed by atoms with Gasteiger partial charge in [-0.15, -0.1) is 6.07 Å². The number of carbonyl (C=O) groups is 1. The van der Waals surface area contributed by atoms with Crippen molar-refractivity contribution in [2.45, 2.75) is 27.7 Å². The summed E-state index contributed by atoms with van der Waals surface area (Å²) in [5.41, 5.74) is 5.80. The van der Waals surface area contributed by atoms with Crippen LogP contribution >= 0.6 is 0 Å². The van der Waals surface area contributed by atoms with Gasteiger partial charge in [0.05, 0.1) is 11.3 Å². The van der Waals surface area contributed by atoms with E-state index in [1.807, 2.05) is 31.5 Å². The molecule has 0 fully saturated rings. The van der Waals surface area contributed by atoms with E-state index in [-0.39, 0.29) is 31.6 Å². The number of allylic oxidation sites excluding steroid dienone is 2. The maximum atomic E-state index is 10.0. The second-order valence-corrected chi connectivity index (χ2v) is 6.64. The molecule has 0 saturated carbocycles. The number of aliphatic hydroxyl groups excluding tert-OH is 1. The number of rotatable bonds is 2. The van der Waals surface area contributed by atoms with Crippen LogP contribution in [0.4, 0.5) is 0 Å². The molecule has 1 radical (unpaired) electrons. The number of hydrogen-bond donors (Lipinski definition) is 1. The molecule has 0 saturated heterocycles. The molecule has 0 atom stereocenters. The molecule has 1 N–H and O–H groups in total. The van der Waals surface area contributed by atoms with Crippen LogP contribution in [0.3, 0.4) is 0 Å². The molecule has 0 bridgehead atoms. The van der Waals surface area contributed by atoms with Crippen molar-refractivity contribution in [1.29, 1.82) is 0 Å². The van der Waals surface area contributed by atoms with E-state index in [4.69, 9.17) is 9.52 Å². The van der Waals surface area contributed by atoms with Gasteiger partial charge in [-0.3, -0.25) is 14.8 Å². The Bertz CT molecular complexity index is 1190. The van der Waals surface area contributed by atoms with Crippen LogP contribution in [-0.4, -0.2) is 20.9 Å². The molecule has 6 heteroatoms. The maximum absolute atomic E-state index is 10.0. The summed E-state index contributed by atoms with van der Waals surface area (Å²) in [6.07, 6.45) is 6.52. The number of carbonyl (C=O) groups excluding carboxylic acids is 1. The summed E-state index contributed by atoms with van der Waals surface area (Å²) in [7, 11) is 0. The molecule has 1 aromatic carbocycles. The average Bonchev–Trinajstić information content (AvgIpc) is 3.09. The third kappa shape index (κ3) is 5.16. The van der Waals surface area contributed by atoms with Crippen molar-refractivity contribution in [2.75, 3.05) is 0 Å². The third-order valence-electron chi connectivity index (χ3n) is 4.09. The van der Waals surface area contributed by atoms with Crippen molar-refractivity contribution < 1.29 is 34.4 Å². The molecule has 3 aromatic heterocycles. The fourth-order valence-electron chi connectivity index (χ4n) is 2.96. The van der Waals surface area contributed by atoms with Gasteiger partial charge in [0.1, 0.15) is 0 Å². The van der Waals surface area contributed by atoms with E-state index in [1.165, 1.54) is 19.9 Å². The quantitative estimate of drug-likeness (QED) is 0.198. The predicted molar refractivity (Wildman–Crippen MR) is 110 cm³/mol. The minimum atomic E-state index is -0.125. The molecule has 0 amide bonds. The Morgan fingerprint density at radius 1 is 1.21 bits per heavy atom. The zero-order valence-electron chi connectivity index (χ0n) is 16.6. The van der Waals surface area contributed by atoms with Crippen LogP contribution in [0, 0.1) is 19.9 Å². The van der Waals surface area contributed by atoms with Crippen molar-refractivity contribution in [2.24, 2.45) is 0 Å². The zero-order chi connectivity index (χ0) is 20.3. The average molecular weight is 566 g/mol. The van der Waals surface area contributed by atoms with Gasteiger partial charge in [-0.2, -0.15) is 0 Å². The predicted octanol–water partition coefficient (Wildman–Crippen LogP) is 5.49. The summed E-state index contributed by atoms with van der Waals surface area (Å²) < 4.78 is 5.58. The topological polar surface area (TPSA) is 76.2 Å². The fraction of sp³-hybridized carbons (Fsp3) is 0.174. The molecule has 151 valence electrons. The fourth-order valence-corrected chi connectivity index (χ4v) is 2.96. The molecule has 0 unspecified atom stereocenters. The first-order chi connectivity index (χ1) is 13.4. The largest absolute Gasteiger partial charge is 0.512 e. The molecule has 0 aliphatic rings. The first-order valence-corrected chi connectivity index (χ1v) is 8.85. The Kier molecular flexibility index (Phi) is 7.43. The first kappa shape index (κ1) is 22.5. The van der Waals surface area contributed by atoms with Gasteiger partial charge >= 0.3 is 0 Å². The number of benzene rings is 1. The van der Waals surface area contributed by atoms with Gasteiger partial charge in [0.25, 0.3) is 0 Å². The minimum absolute atomic E-state index is 0. The molecule has 4 aromatic rings. The Hall–Kier alpha value is -2.82. The van der Waals surface area contributed by atoms with Crippen LogP contribution in [-0.2, 0) is 24.9 Å². The summed E-state index contributed by atoms with van der Waals surface area (Å²) in [6.45, 7) is 6.94. The summed E-state index contributed by atoms with van der Waals surface area (Å²) in [5, 5.41) is 10.3. The van der Waals surface area contributed by atoms with Crippen LogP contribution in [0.25, 0.3) is 33.1 Å². The molecular weight excluding hydrogens is 544 g/mol. The number of aliphatic hydroxyl groups is 1. The van der Waals surface area contributed by atoms with Crippen molar-refractivity contribution in [3.63, 3.8) is 0 Å². The number of ketones is 1. The van der Waals surface area contributed by atoms with Gasteiger partial charge in [0.15, 0.2) is 5.78 Å². The van der Waals surface area contributed by atoms with E-state index in [2.05, 4.69) is 35.1 Å². The third-order valence-corrected chi connectivity index (χ3v) is 4.09. The Morgan fingerprint density at radius 3 is 2.59 bits per heavy atom. The minimum Gasteiger partial charge on any atom is -0.512 e. The van der Waals surface area contributed by atoms with E-state index < -0.39 is 0 Å². The summed E-state index contributed by atoms with van der Waals surface area (Å²) in [4.78, 5) is 19.1. The SMILES string of the molecule is CC(=O)/C=C(/C)O.Cc1cnc2c(c1)c(-c1ncccc1C)[c-]c1ccoc12.[Ir]. The Balaban J connectivity index is 0.000000327. The van der Waals surface area contributed by atoms with E-state index >= 15 is 0 Å². The van der Waals surface area contributed by atoms with Crippen LogP contribution in [0.15, 0.2) is 59.2 Å². The van der Waals surface area contributed by atoms with Crippen LogP contribution in [0.2, 0.25) is 0 Å². The van der Waals surface area contributed by atoms with Crippen molar-refractivity contribution in [1.82, 2.24) is 9.97 Å². The van der Waals surface area contributed by atoms with Crippen molar-refractivity contribution in [3.8, 4) is 11.3 Å². The summed E-state index contributed by atoms with van der Waals surface area (Å²) in [6, 6.07) is 11.5. The van der Waals surface area contributed by atoms with Crippen LogP contribution in [0.5, 0.6) is 0 Å². The number of pyridine rings is 2. The monoisotopic (exact) mass is 566 g/mol. The van der Waals surface area contributed by atoms with Gasteiger partial charge in [-0.1, -0.05) is 40.1 Å². The second kappa shape index (κ2) is 9.59. The zero-order valence-corrected chi connectivity index (χ0v) is 19.0. The van der Waals surface area contributed by atoms with Crippen molar-refractivity contribution >= 4 is 27.7 Å². The van der Waals surface area contributed by atoms with Crippen LogP contribution < -0.4 is 0 Å². The van der Waals surface area contributed by atoms with E-state index in [0.717, 1.165) is 44.3 Å². The van der Waals surface area contributed by atoms with Gasteiger partial charge in [-0.25, -0.2) is 0 Å². The number of fused-ring (bicyclic) bond motifs is 3. The molecule has 4 rings (SSSR count). The summed E-state index contributed by atoms with van der Waals surface area (Å²) in [5.74, 6) is -0.0625. The van der Waals surface area contributed by atoms with Gasteiger partial charge in [0.2, 0.25) is 0 Å². The number of hydrogen-bond acceptors (Lipinski definition) is 5. The van der Waals surface area contributed by atoms with E-state index in [0.29, 0.717) is 0 Å². The second-order valence-electron chi connectivity index (χ2n) is 6.64. The Morgan fingerprint density at radius 2 is 1.97 bits per heavy atom. The van der Waals surface area contributed by atoms with Gasteiger partial charge in [0, 0.05) is 56.0 Å². The molecule has 3 heterocycles. The number of aryl methyl sites for hydroxylation is 2. The first-order valence-electron chi connectivity index (χ1n) is 8.85. The summed E-state index contributed by atoms with van der Waals surface area (Å²) >= 11 is 0. The number of furan rings is 1. The van der Waals surface area contributed by atoms with E-state index in [1.54, 1.807) is 6.26 Å². The normalized spacial score (nSPS) is 11.0. The number of aromatic nitrogens is 2.